The molecule has 5 aliphatic rings. The van der Waals surface area contributed by atoms with Crippen molar-refractivity contribution in [2.45, 2.75) is 69.7 Å². The Hall–Kier alpha value is -6.24. The number of anilines is 1. The molecule has 3 atom stereocenters. The lowest BCUT2D eigenvalue weighted by molar-refractivity contribution is -0.136. The quantitative estimate of drug-likeness (QED) is 0.146. The molecule has 5 aliphatic heterocycles. The number of terminal acetylenes is 1. The third-order valence-electron chi connectivity index (χ3n) is 12.8. The van der Waals surface area contributed by atoms with E-state index in [2.05, 4.69) is 36.3 Å². The first-order valence-electron chi connectivity index (χ1n) is 20.5. The lowest BCUT2D eigenvalue weighted by Gasteiger charge is -2.34. The summed E-state index contributed by atoms with van der Waals surface area (Å²) in [6, 6.07) is 11.3. The van der Waals surface area contributed by atoms with Crippen LogP contribution in [0.15, 0.2) is 48.7 Å². The molecule has 0 radical (unpaired) electrons. The normalized spacial score (nSPS) is 22.1. The number of carbonyl (C=O) groups is 3. The highest BCUT2D eigenvalue weighted by molar-refractivity contribution is 6.06. The Morgan fingerprint density at radius 1 is 0.950 bits per heavy atom. The van der Waals surface area contributed by atoms with Crippen LogP contribution in [-0.2, 0) is 22.7 Å². The monoisotopic (exact) mass is 812 g/mol. The molecule has 4 saturated heterocycles. The third kappa shape index (κ3) is 6.83. The van der Waals surface area contributed by atoms with Crippen molar-refractivity contribution < 1.29 is 33.0 Å². The van der Waals surface area contributed by atoms with Crippen molar-refractivity contribution in [1.82, 2.24) is 35.4 Å². The van der Waals surface area contributed by atoms with Gasteiger partial charge in [0.25, 0.3) is 5.91 Å². The summed E-state index contributed by atoms with van der Waals surface area (Å²) in [5, 5.41) is 17.7. The number of carbonyl (C=O) groups excluding carboxylic acids is 3. The van der Waals surface area contributed by atoms with Gasteiger partial charge in [-0.3, -0.25) is 29.6 Å². The van der Waals surface area contributed by atoms with Gasteiger partial charge in [-0.05, 0) is 91.9 Å². The number of hydrogen-bond donors (Lipinski definition) is 3. The summed E-state index contributed by atoms with van der Waals surface area (Å²) in [6.07, 6.45) is 11.6. The number of ether oxygens (including phenoxy) is 1. The number of aromatic nitrogens is 3. The smallest absolute Gasteiger partial charge is 0.319 e. The predicted octanol–water partition coefficient (Wildman–Crippen LogP) is 4.80. The highest BCUT2D eigenvalue weighted by Crippen LogP contribution is 2.39. The number of nitrogens with one attached hydrogen (secondary N) is 2. The number of hydrogen-bond acceptors (Lipinski definition) is 11. The van der Waals surface area contributed by atoms with Crippen LogP contribution in [0, 0.1) is 29.9 Å². The number of phenols is 1. The van der Waals surface area contributed by atoms with Crippen molar-refractivity contribution in [1.29, 1.82) is 0 Å². The summed E-state index contributed by atoms with van der Waals surface area (Å²) in [5.41, 5.74) is 2.53. The number of aromatic hydroxyl groups is 1. The van der Waals surface area contributed by atoms with Gasteiger partial charge in [-0.25, -0.2) is 8.78 Å². The summed E-state index contributed by atoms with van der Waals surface area (Å²) in [4.78, 5) is 57.4. The summed E-state index contributed by atoms with van der Waals surface area (Å²) in [7, 11) is 0. The molecule has 2 aromatic heterocycles. The van der Waals surface area contributed by atoms with Gasteiger partial charge in [0.05, 0.1) is 17.6 Å². The Labute approximate surface area is 344 Å². The Morgan fingerprint density at radius 3 is 2.52 bits per heavy atom. The van der Waals surface area contributed by atoms with Crippen LogP contribution in [0.4, 0.5) is 14.6 Å². The van der Waals surface area contributed by atoms with Crippen LogP contribution < -0.4 is 20.3 Å². The van der Waals surface area contributed by atoms with E-state index in [1.54, 1.807) is 4.90 Å². The molecular weight excluding hydrogens is 771 g/mol. The number of likely N-dealkylation sites (tertiary alicyclic amines) is 1. The van der Waals surface area contributed by atoms with E-state index in [-0.39, 0.29) is 75.7 Å². The number of imide groups is 1. The second kappa shape index (κ2) is 15.1. The highest BCUT2D eigenvalue weighted by Gasteiger charge is 2.39. The van der Waals surface area contributed by atoms with Gasteiger partial charge in [0, 0.05) is 67.4 Å². The van der Waals surface area contributed by atoms with E-state index < -0.39 is 23.6 Å². The molecule has 2 bridgehead atoms. The van der Waals surface area contributed by atoms with Crippen LogP contribution in [0.3, 0.4) is 0 Å². The van der Waals surface area contributed by atoms with Crippen LogP contribution in [0.1, 0.15) is 65.6 Å². The Morgan fingerprint density at radius 2 is 1.75 bits per heavy atom. The minimum Gasteiger partial charge on any atom is -0.508 e. The van der Waals surface area contributed by atoms with Gasteiger partial charge in [0.2, 0.25) is 11.8 Å². The molecule has 15 heteroatoms. The SMILES string of the molecule is C#Cc1c(F)ccc2cc(O)cc(-c3ncc4c(N5C[C@H]6CC[C@@H](C5)N6)nc(OCC5CCN(Cc6ccc7c(c6)CN(C6CCC(=O)NC6=O)C7=O)CC5)nc4c3F)c12. The fourth-order valence-corrected chi connectivity index (χ4v) is 9.73. The molecule has 7 heterocycles. The van der Waals surface area contributed by atoms with Gasteiger partial charge in [0.1, 0.15) is 34.6 Å². The maximum Gasteiger partial charge on any atom is 0.319 e. The van der Waals surface area contributed by atoms with Crippen molar-refractivity contribution in [2.75, 3.05) is 37.7 Å². The molecule has 10 rings (SSSR count). The fraction of sp³-hybridized carbons (Fsp3) is 0.378. The van der Waals surface area contributed by atoms with E-state index in [4.69, 9.17) is 16.1 Å². The van der Waals surface area contributed by atoms with Crippen molar-refractivity contribution in [2.24, 2.45) is 5.92 Å². The molecule has 4 fully saturated rings. The zero-order chi connectivity index (χ0) is 41.2. The zero-order valence-electron chi connectivity index (χ0n) is 32.7. The molecule has 1 unspecified atom stereocenters. The largest absolute Gasteiger partial charge is 0.508 e. The van der Waals surface area contributed by atoms with Crippen LogP contribution >= 0.6 is 0 Å². The number of nitrogens with zero attached hydrogens (tertiary/aromatic N) is 6. The van der Waals surface area contributed by atoms with Gasteiger partial charge in [-0.1, -0.05) is 24.1 Å². The molecule has 306 valence electrons. The van der Waals surface area contributed by atoms with Gasteiger partial charge in [-0.15, -0.1) is 6.42 Å². The topological polar surface area (TPSA) is 153 Å². The fourth-order valence-electron chi connectivity index (χ4n) is 9.73. The van der Waals surface area contributed by atoms with E-state index >= 15 is 4.39 Å². The Kier molecular flexibility index (Phi) is 9.56. The van der Waals surface area contributed by atoms with Gasteiger partial charge < -0.3 is 25.0 Å². The first-order chi connectivity index (χ1) is 29.1. The lowest BCUT2D eigenvalue weighted by atomic mass is 9.96. The summed E-state index contributed by atoms with van der Waals surface area (Å²) < 4.78 is 38.2. The molecular formula is C45H42F2N8O5. The minimum absolute atomic E-state index is 0.00660. The Bertz CT molecular complexity index is 2650. The number of benzene rings is 3. The third-order valence-corrected chi connectivity index (χ3v) is 12.8. The van der Waals surface area contributed by atoms with Crippen molar-refractivity contribution >= 4 is 45.2 Å². The van der Waals surface area contributed by atoms with Crippen molar-refractivity contribution in [3.63, 3.8) is 0 Å². The molecule has 3 aromatic carbocycles. The number of piperazine rings is 1. The molecule has 13 nitrogen and oxygen atoms in total. The van der Waals surface area contributed by atoms with Crippen LogP contribution in [0.25, 0.3) is 32.9 Å². The molecule has 3 N–H and O–H groups in total. The van der Waals surface area contributed by atoms with Gasteiger partial charge >= 0.3 is 6.01 Å². The number of phenolic OH excluding ortho intramolecular Hbond substituents is 1. The summed E-state index contributed by atoms with van der Waals surface area (Å²) in [5.74, 6) is 0.660. The van der Waals surface area contributed by atoms with E-state index in [0.717, 1.165) is 49.9 Å². The van der Waals surface area contributed by atoms with Crippen molar-refractivity contribution in [3.8, 4) is 35.4 Å². The van der Waals surface area contributed by atoms with Gasteiger partial charge in [0.15, 0.2) is 5.82 Å². The van der Waals surface area contributed by atoms with Gasteiger partial charge in [-0.2, -0.15) is 9.97 Å². The second-order valence-corrected chi connectivity index (χ2v) is 16.6. The van der Waals surface area contributed by atoms with Crippen LogP contribution in [0.2, 0.25) is 0 Å². The average Bonchev–Trinajstić information content (AvgIpc) is 3.76. The van der Waals surface area contributed by atoms with Crippen molar-refractivity contribution in [3.05, 3.63) is 82.5 Å². The molecule has 0 spiro atoms. The zero-order valence-corrected chi connectivity index (χ0v) is 32.7. The lowest BCUT2D eigenvalue weighted by Crippen LogP contribution is -2.52. The molecule has 5 aromatic rings. The summed E-state index contributed by atoms with van der Waals surface area (Å²) >= 11 is 0. The summed E-state index contributed by atoms with van der Waals surface area (Å²) in [6.45, 7) is 4.39. The number of halogens is 2. The van der Waals surface area contributed by atoms with E-state index in [0.29, 0.717) is 61.4 Å². The molecule has 3 amide bonds. The molecule has 60 heavy (non-hydrogen) atoms. The number of rotatable bonds is 8. The predicted molar refractivity (Wildman–Crippen MR) is 218 cm³/mol. The van der Waals surface area contributed by atoms with E-state index in [1.807, 2.05) is 18.2 Å². The average molecular weight is 813 g/mol. The second-order valence-electron chi connectivity index (χ2n) is 16.6. The number of pyridine rings is 1. The number of fused-ring (bicyclic) bond motifs is 5. The van der Waals surface area contributed by atoms with E-state index in [9.17, 15) is 23.9 Å². The number of piperidine rings is 2. The maximum absolute atomic E-state index is 17.0. The Balaban J connectivity index is 0.866. The standard InChI is InChI=1S/C45H42F2N8O5/c1-2-31-35(46)8-4-26-16-30(56)17-33(38(26)31)40-39(47)41-34(18-48-40)42(54-21-28-5-6-29(22-54)49-28)52-45(51-41)60-23-24-11-13-53(14-12-24)19-25-3-7-32-27(15-25)20-55(44(32)59)36-9-10-37(57)50-43(36)58/h1,3-4,7-8,15-18,24,28-29,36,49,56H,5-6,9-14,19-23H2,(H,50,57,58)/t28-,29+,36?. The first-order valence-corrected chi connectivity index (χ1v) is 20.5. The maximum atomic E-state index is 17.0. The minimum atomic E-state index is -0.758. The van der Waals surface area contributed by atoms with E-state index in [1.165, 1.54) is 30.5 Å². The molecule has 0 aliphatic carbocycles. The molecule has 0 saturated carbocycles. The first kappa shape index (κ1) is 38.0. The van der Waals surface area contributed by atoms with Crippen LogP contribution in [-0.4, -0.2) is 98.5 Å². The number of amides is 3. The van der Waals surface area contributed by atoms with Crippen LogP contribution in [0.5, 0.6) is 11.8 Å². The highest BCUT2D eigenvalue weighted by atomic mass is 19.1.